The van der Waals surface area contributed by atoms with Gasteiger partial charge in [0, 0.05) is 36.9 Å². The van der Waals surface area contributed by atoms with Gasteiger partial charge in [0.25, 0.3) is 0 Å². The molecule has 0 spiro atoms. The lowest BCUT2D eigenvalue weighted by Crippen LogP contribution is -1.83. The van der Waals surface area contributed by atoms with E-state index < -0.39 is 0 Å². The zero-order valence-corrected chi connectivity index (χ0v) is 19.1. The Kier molecular flexibility index (Phi) is 4.36. The molecular formula is C31H20N2S. The number of benzene rings is 5. The van der Waals surface area contributed by atoms with Crippen LogP contribution in [0.25, 0.3) is 64.8 Å². The van der Waals surface area contributed by atoms with Gasteiger partial charge in [-0.1, -0.05) is 97.1 Å². The van der Waals surface area contributed by atoms with E-state index in [9.17, 15) is 0 Å². The summed E-state index contributed by atoms with van der Waals surface area (Å²) in [5.41, 5.74) is 5.37. The van der Waals surface area contributed by atoms with Crippen LogP contribution in [0.1, 0.15) is 0 Å². The van der Waals surface area contributed by atoms with Crippen molar-refractivity contribution < 1.29 is 0 Å². The van der Waals surface area contributed by atoms with Crippen molar-refractivity contribution in [2.45, 2.75) is 0 Å². The van der Waals surface area contributed by atoms with Gasteiger partial charge in [0.15, 0.2) is 0 Å². The average molecular weight is 453 g/mol. The Hall–Kier alpha value is -4.21. The number of fused-ring (bicyclic) bond motifs is 4. The monoisotopic (exact) mass is 452 g/mol. The highest BCUT2D eigenvalue weighted by molar-refractivity contribution is 7.25. The van der Waals surface area contributed by atoms with Gasteiger partial charge in [-0.2, -0.15) is 0 Å². The molecule has 0 saturated carbocycles. The van der Waals surface area contributed by atoms with Crippen LogP contribution >= 0.6 is 11.3 Å². The molecule has 5 aromatic carbocycles. The van der Waals surface area contributed by atoms with Crippen molar-refractivity contribution >= 4 is 42.3 Å². The number of hydrogen-bond acceptors (Lipinski definition) is 2. The number of nitrogens with one attached hydrogen (secondary N) is 1. The molecule has 2 aromatic heterocycles. The van der Waals surface area contributed by atoms with E-state index in [1.807, 2.05) is 17.4 Å². The van der Waals surface area contributed by atoms with Gasteiger partial charge in [-0.05, 0) is 29.0 Å². The zero-order chi connectivity index (χ0) is 22.5. The molecule has 7 aromatic rings. The van der Waals surface area contributed by atoms with Crippen molar-refractivity contribution in [1.82, 2.24) is 9.97 Å². The molecule has 34 heavy (non-hydrogen) atoms. The summed E-state index contributed by atoms with van der Waals surface area (Å²) in [5, 5.41) is 5.06. The van der Waals surface area contributed by atoms with E-state index in [0.717, 1.165) is 33.9 Å². The predicted molar refractivity (Wildman–Crippen MR) is 145 cm³/mol. The van der Waals surface area contributed by atoms with E-state index in [4.69, 9.17) is 4.98 Å². The van der Waals surface area contributed by atoms with E-state index in [0.29, 0.717) is 0 Å². The fourth-order valence-corrected chi connectivity index (χ4v) is 5.89. The number of aromatic nitrogens is 2. The topological polar surface area (TPSA) is 28.7 Å². The normalized spacial score (nSPS) is 11.5. The predicted octanol–water partition coefficient (Wildman–Crippen LogP) is 8.93. The molecule has 3 heteroatoms. The molecule has 160 valence electrons. The zero-order valence-electron chi connectivity index (χ0n) is 18.3. The first-order valence-corrected chi connectivity index (χ1v) is 12.2. The number of nitrogens with zero attached hydrogens (tertiary/aromatic N) is 1. The van der Waals surface area contributed by atoms with E-state index in [-0.39, 0.29) is 0 Å². The summed E-state index contributed by atoms with van der Waals surface area (Å²) < 4.78 is 2.60. The third-order valence-electron chi connectivity index (χ3n) is 6.44. The smallest absolute Gasteiger partial charge is 0.138 e. The lowest BCUT2D eigenvalue weighted by atomic mass is 10.0. The van der Waals surface area contributed by atoms with E-state index in [1.54, 1.807) is 0 Å². The summed E-state index contributed by atoms with van der Waals surface area (Å²) in [6.45, 7) is 0. The quantitative estimate of drug-likeness (QED) is 0.285. The van der Waals surface area contributed by atoms with Crippen LogP contribution in [0, 0.1) is 0 Å². The Balaban J connectivity index is 1.43. The highest BCUT2D eigenvalue weighted by Gasteiger charge is 2.17. The number of imidazole rings is 1. The molecule has 0 atom stereocenters. The van der Waals surface area contributed by atoms with Crippen molar-refractivity contribution in [3.8, 4) is 33.9 Å². The van der Waals surface area contributed by atoms with Crippen molar-refractivity contribution in [3.63, 3.8) is 0 Å². The largest absolute Gasteiger partial charge is 0.337 e. The number of hydrogen-bond donors (Lipinski definition) is 1. The van der Waals surface area contributed by atoms with Gasteiger partial charge in [-0.25, -0.2) is 4.98 Å². The molecule has 0 unspecified atom stereocenters. The Morgan fingerprint density at radius 2 is 1.26 bits per heavy atom. The molecule has 0 saturated heterocycles. The molecule has 0 aliphatic rings. The van der Waals surface area contributed by atoms with Gasteiger partial charge < -0.3 is 4.98 Å². The van der Waals surface area contributed by atoms with Gasteiger partial charge in [-0.3, -0.25) is 0 Å². The minimum absolute atomic E-state index is 0.885. The Morgan fingerprint density at radius 3 is 2.18 bits per heavy atom. The maximum atomic E-state index is 5.14. The van der Waals surface area contributed by atoms with Crippen molar-refractivity contribution in [2.75, 3.05) is 0 Å². The van der Waals surface area contributed by atoms with Crippen molar-refractivity contribution in [2.24, 2.45) is 0 Å². The summed E-state index contributed by atoms with van der Waals surface area (Å²) in [7, 11) is 0. The second kappa shape index (κ2) is 7.68. The molecule has 2 heterocycles. The summed E-state index contributed by atoms with van der Waals surface area (Å²) in [6, 6.07) is 40.8. The number of aromatic amines is 1. The maximum Gasteiger partial charge on any atom is 0.138 e. The highest BCUT2D eigenvalue weighted by Crippen LogP contribution is 2.39. The Morgan fingerprint density at radius 1 is 0.529 bits per heavy atom. The molecule has 2 nitrogen and oxygen atoms in total. The second-order valence-electron chi connectivity index (χ2n) is 8.55. The minimum Gasteiger partial charge on any atom is -0.337 e. The maximum absolute atomic E-state index is 5.14. The first kappa shape index (κ1) is 19.3. The Labute approximate surface area is 201 Å². The SMILES string of the molecule is c1ccc(-c2[nH]c(-c3ccc4ccccc4c3)nc2-c2ccc3c(c2)sc2ccccc23)cc1. The first-order chi connectivity index (χ1) is 16.8. The summed E-state index contributed by atoms with van der Waals surface area (Å²) in [5.74, 6) is 0.885. The minimum atomic E-state index is 0.885. The van der Waals surface area contributed by atoms with Crippen LogP contribution in [0.4, 0.5) is 0 Å². The summed E-state index contributed by atoms with van der Waals surface area (Å²) >= 11 is 1.84. The summed E-state index contributed by atoms with van der Waals surface area (Å²) in [4.78, 5) is 8.79. The van der Waals surface area contributed by atoms with Gasteiger partial charge in [0.2, 0.25) is 0 Å². The van der Waals surface area contributed by atoms with Crippen molar-refractivity contribution in [1.29, 1.82) is 0 Å². The van der Waals surface area contributed by atoms with Crippen LogP contribution in [0.5, 0.6) is 0 Å². The molecule has 0 radical (unpaired) electrons. The second-order valence-corrected chi connectivity index (χ2v) is 9.63. The molecule has 0 amide bonds. The highest BCUT2D eigenvalue weighted by atomic mass is 32.1. The number of H-pyrrole nitrogens is 1. The van der Waals surface area contributed by atoms with Gasteiger partial charge >= 0.3 is 0 Å². The van der Waals surface area contributed by atoms with Crippen LogP contribution in [-0.4, -0.2) is 9.97 Å². The van der Waals surface area contributed by atoms with Crippen molar-refractivity contribution in [3.05, 3.63) is 115 Å². The molecule has 1 N–H and O–H groups in total. The van der Waals surface area contributed by atoms with Crippen LogP contribution in [0.15, 0.2) is 115 Å². The third-order valence-corrected chi connectivity index (χ3v) is 7.57. The standard InChI is InChI=1S/C31H20N2S/c1-2-9-21(10-3-1)29-30(23-16-17-26-25-12-6-7-13-27(25)34-28(26)19-23)33-31(32-29)24-15-14-20-8-4-5-11-22(20)18-24/h1-19H,(H,32,33). The molecular weight excluding hydrogens is 432 g/mol. The van der Waals surface area contributed by atoms with Crippen LogP contribution in [0.2, 0.25) is 0 Å². The summed E-state index contributed by atoms with van der Waals surface area (Å²) in [6.07, 6.45) is 0. The van der Waals surface area contributed by atoms with Gasteiger partial charge in [-0.15, -0.1) is 11.3 Å². The molecule has 0 fully saturated rings. The lowest BCUT2D eigenvalue weighted by Gasteiger charge is -2.03. The molecule has 7 rings (SSSR count). The Bertz CT molecular complexity index is 1810. The molecule has 0 aliphatic heterocycles. The van der Waals surface area contributed by atoms with Crippen LogP contribution in [-0.2, 0) is 0 Å². The molecule has 0 bridgehead atoms. The van der Waals surface area contributed by atoms with E-state index in [2.05, 4.69) is 114 Å². The van der Waals surface area contributed by atoms with Crippen LogP contribution < -0.4 is 0 Å². The van der Waals surface area contributed by atoms with Gasteiger partial charge in [0.1, 0.15) is 5.82 Å². The van der Waals surface area contributed by atoms with E-state index >= 15 is 0 Å². The third kappa shape index (κ3) is 3.13. The van der Waals surface area contributed by atoms with E-state index in [1.165, 1.54) is 30.9 Å². The number of thiophene rings is 1. The number of rotatable bonds is 3. The lowest BCUT2D eigenvalue weighted by molar-refractivity contribution is 1.31. The fourth-order valence-electron chi connectivity index (χ4n) is 4.74. The van der Waals surface area contributed by atoms with Gasteiger partial charge in [0.05, 0.1) is 11.4 Å². The first-order valence-electron chi connectivity index (χ1n) is 11.4. The average Bonchev–Trinajstić information content (AvgIpc) is 3.51. The molecule has 0 aliphatic carbocycles. The fraction of sp³-hybridized carbons (Fsp3) is 0. The van der Waals surface area contributed by atoms with Crippen LogP contribution in [0.3, 0.4) is 0 Å².